The summed E-state index contributed by atoms with van der Waals surface area (Å²) in [6, 6.07) is 8.03. The first-order chi connectivity index (χ1) is 14.5. The summed E-state index contributed by atoms with van der Waals surface area (Å²) in [6.07, 6.45) is 4.92. The lowest BCUT2D eigenvalue weighted by atomic mass is 9.79. The summed E-state index contributed by atoms with van der Waals surface area (Å²) in [7, 11) is 0. The van der Waals surface area contributed by atoms with E-state index in [4.69, 9.17) is 9.73 Å². The molecule has 0 saturated heterocycles. The molecule has 1 fully saturated rings. The van der Waals surface area contributed by atoms with Crippen molar-refractivity contribution in [2.45, 2.75) is 65.5 Å². The molecule has 7 nitrogen and oxygen atoms in total. The number of nitrogens with one attached hydrogen (secondary N) is 3. The zero-order valence-corrected chi connectivity index (χ0v) is 18.7. The molecule has 0 spiro atoms. The molecule has 30 heavy (non-hydrogen) atoms. The first-order valence-corrected chi connectivity index (χ1v) is 11.2. The average Bonchev–Trinajstić information content (AvgIpc) is 3.57. The maximum atomic E-state index is 11.8. The van der Waals surface area contributed by atoms with Crippen LogP contribution in [0, 0.1) is 5.41 Å². The van der Waals surface area contributed by atoms with Crippen LogP contribution in [0.5, 0.6) is 5.75 Å². The van der Waals surface area contributed by atoms with E-state index in [1.165, 1.54) is 0 Å². The van der Waals surface area contributed by atoms with Gasteiger partial charge in [-0.2, -0.15) is 0 Å². The number of hydrogen-bond acceptors (Lipinski definition) is 4. The number of amides is 1. The van der Waals surface area contributed by atoms with Crippen molar-refractivity contribution in [2.24, 2.45) is 10.4 Å². The minimum atomic E-state index is -0.0715. The first-order valence-electron chi connectivity index (χ1n) is 11.2. The van der Waals surface area contributed by atoms with Crippen molar-refractivity contribution in [1.29, 1.82) is 0 Å². The Labute approximate surface area is 180 Å². The summed E-state index contributed by atoms with van der Waals surface area (Å²) in [5, 5.41) is 19.1. The molecule has 1 saturated carbocycles. The SMILES string of the molecule is CCNC(=NCc1cccc(OCC(=O)NC2CC2)c1)NCC(CC)(CC)CCO. The van der Waals surface area contributed by atoms with Gasteiger partial charge >= 0.3 is 0 Å². The number of carbonyl (C=O) groups excluding carboxylic acids is 1. The van der Waals surface area contributed by atoms with Gasteiger partial charge in [-0.3, -0.25) is 4.79 Å². The smallest absolute Gasteiger partial charge is 0.258 e. The molecular formula is C23H38N4O3. The Kier molecular flexibility index (Phi) is 9.94. The van der Waals surface area contributed by atoms with Crippen LogP contribution in [0.2, 0.25) is 0 Å². The number of aliphatic hydroxyl groups excluding tert-OH is 1. The Bertz CT molecular complexity index is 685. The van der Waals surface area contributed by atoms with Crippen molar-refractivity contribution >= 4 is 11.9 Å². The van der Waals surface area contributed by atoms with Gasteiger partial charge in [-0.15, -0.1) is 0 Å². The van der Waals surface area contributed by atoms with Crippen LogP contribution in [0.4, 0.5) is 0 Å². The molecule has 1 amide bonds. The number of aliphatic imine (C=N–C) groups is 1. The average molecular weight is 419 g/mol. The van der Waals surface area contributed by atoms with Crippen molar-refractivity contribution in [3.8, 4) is 5.75 Å². The summed E-state index contributed by atoms with van der Waals surface area (Å²) >= 11 is 0. The molecule has 1 aromatic rings. The minimum absolute atomic E-state index is 0.0361. The van der Waals surface area contributed by atoms with Gasteiger partial charge in [-0.25, -0.2) is 4.99 Å². The molecule has 1 aliphatic rings. The number of ether oxygens (including phenoxy) is 1. The monoisotopic (exact) mass is 418 g/mol. The molecule has 0 aliphatic heterocycles. The van der Waals surface area contributed by atoms with E-state index in [2.05, 4.69) is 29.8 Å². The second-order valence-corrected chi connectivity index (χ2v) is 8.01. The van der Waals surface area contributed by atoms with E-state index >= 15 is 0 Å². The number of hydrogen-bond donors (Lipinski definition) is 4. The molecule has 168 valence electrons. The van der Waals surface area contributed by atoms with Crippen molar-refractivity contribution in [2.75, 3.05) is 26.3 Å². The third-order valence-corrected chi connectivity index (χ3v) is 5.75. The van der Waals surface area contributed by atoms with Gasteiger partial charge in [0.05, 0.1) is 6.54 Å². The molecule has 0 unspecified atom stereocenters. The molecule has 7 heteroatoms. The molecule has 2 rings (SSSR count). The zero-order chi connectivity index (χ0) is 21.8. The summed E-state index contributed by atoms with van der Waals surface area (Å²) in [4.78, 5) is 16.5. The van der Waals surface area contributed by atoms with Crippen molar-refractivity contribution < 1.29 is 14.6 Å². The second-order valence-electron chi connectivity index (χ2n) is 8.01. The van der Waals surface area contributed by atoms with E-state index in [1.807, 2.05) is 31.2 Å². The van der Waals surface area contributed by atoms with Crippen LogP contribution in [0.25, 0.3) is 0 Å². The van der Waals surface area contributed by atoms with Gasteiger partial charge < -0.3 is 25.8 Å². The normalized spacial score (nSPS) is 14.3. The molecule has 4 N–H and O–H groups in total. The van der Waals surface area contributed by atoms with Crippen molar-refractivity contribution in [3.63, 3.8) is 0 Å². The van der Waals surface area contributed by atoms with Crippen LogP contribution in [-0.4, -0.2) is 49.3 Å². The zero-order valence-electron chi connectivity index (χ0n) is 18.7. The number of nitrogens with zero attached hydrogens (tertiary/aromatic N) is 1. The highest BCUT2D eigenvalue weighted by Crippen LogP contribution is 2.29. The molecule has 1 aliphatic carbocycles. The summed E-state index contributed by atoms with van der Waals surface area (Å²) in [5.74, 6) is 1.36. The van der Waals surface area contributed by atoms with Crippen LogP contribution in [0.3, 0.4) is 0 Å². The number of guanidine groups is 1. The predicted octanol–water partition coefficient (Wildman–Crippen LogP) is 2.59. The van der Waals surface area contributed by atoms with Gasteiger partial charge in [0.15, 0.2) is 12.6 Å². The van der Waals surface area contributed by atoms with Crippen molar-refractivity contribution in [3.05, 3.63) is 29.8 Å². The Morgan fingerprint density at radius 1 is 1.23 bits per heavy atom. The summed E-state index contributed by atoms with van der Waals surface area (Å²) in [5.41, 5.74) is 1.08. The Morgan fingerprint density at radius 2 is 2.00 bits per heavy atom. The standard InChI is InChI=1S/C23H38N4O3/c1-4-23(5-2,12-13-28)17-26-22(24-6-3)25-15-18-8-7-9-20(14-18)30-16-21(29)27-19-10-11-19/h7-9,14,19,28H,4-6,10-13,15-17H2,1-3H3,(H,27,29)(H2,24,25,26). The van der Waals surface area contributed by atoms with Crippen LogP contribution >= 0.6 is 0 Å². The van der Waals surface area contributed by atoms with Gasteiger partial charge in [-0.1, -0.05) is 26.0 Å². The van der Waals surface area contributed by atoms with E-state index in [1.54, 1.807) is 0 Å². The Balaban J connectivity index is 1.91. The van der Waals surface area contributed by atoms with E-state index in [0.717, 1.165) is 56.7 Å². The van der Waals surface area contributed by atoms with E-state index in [0.29, 0.717) is 18.3 Å². The van der Waals surface area contributed by atoms with Crippen LogP contribution in [0.15, 0.2) is 29.3 Å². The fraction of sp³-hybridized carbons (Fsp3) is 0.652. The number of aliphatic hydroxyl groups is 1. The third kappa shape index (κ3) is 8.22. The maximum Gasteiger partial charge on any atom is 0.258 e. The van der Waals surface area contributed by atoms with Gasteiger partial charge in [0.1, 0.15) is 5.75 Å². The highest BCUT2D eigenvalue weighted by molar-refractivity contribution is 5.79. The minimum Gasteiger partial charge on any atom is -0.484 e. The topological polar surface area (TPSA) is 95.0 Å². The fourth-order valence-corrected chi connectivity index (χ4v) is 3.34. The lowest BCUT2D eigenvalue weighted by Crippen LogP contribution is -2.43. The fourth-order valence-electron chi connectivity index (χ4n) is 3.34. The van der Waals surface area contributed by atoms with E-state index < -0.39 is 0 Å². The van der Waals surface area contributed by atoms with Crippen molar-refractivity contribution in [1.82, 2.24) is 16.0 Å². The first kappa shape index (κ1) is 24.0. The Hall–Kier alpha value is -2.28. The van der Waals surface area contributed by atoms with Gasteiger partial charge in [0, 0.05) is 25.7 Å². The summed E-state index contributed by atoms with van der Waals surface area (Å²) in [6.45, 7) is 8.66. The summed E-state index contributed by atoms with van der Waals surface area (Å²) < 4.78 is 5.62. The highest BCUT2D eigenvalue weighted by Gasteiger charge is 2.25. The van der Waals surface area contributed by atoms with Crippen LogP contribution in [0.1, 0.15) is 58.4 Å². The second kappa shape index (κ2) is 12.4. The number of carbonyl (C=O) groups is 1. The van der Waals surface area contributed by atoms with E-state index in [9.17, 15) is 9.90 Å². The lowest BCUT2D eigenvalue weighted by Gasteiger charge is -2.32. The Morgan fingerprint density at radius 3 is 2.63 bits per heavy atom. The molecule has 0 heterocycles. The quantitative estimate of drug-likeness (QED) is 0.292. The number of rotatable bonds is 13. The lowest BCUT2D eigenvalue weighted by molar-refractivity contribution is -0.123. The molecule has 0 aromatic heterocycles. The molecule has 0 atom stereocenters. The van der Waals surface area contributed by atoms with Crippen LogP contribution in [-0.2, 0) is 11.3 Å². The molecule has 1 aromatic carbocycles. The molecule has 0 bridgehead atoms. The largest absolute Gasteiger partial charge is 0.484 e. The third-order valence-electron chi connectivity index (χ3n) is 5.75. The van der Waals surface area contributed by atoms with Gasteiger partial charge in [0.25, 0.3) is 5.91 Å². The van der Waals surface area contributed by atoms with Crippen LogP contribution < -0.4 is 20.7 Å². The highest BCUT2D eigenvalue weighted by atomic mass is 16.5. The molecule has 0 radical (unpaired) electrons. The maximum absolute atomic E-state index is 11.8. The molecular weight excluding hydrogens is 380 g/mol. The number of benzene rings is 1. The van der Waals surface area contributed by atoms with Gasteiger partial charge in [0.2, 0.25) is 0 Å². The van der Waals surface area contributed by atoms with Gasteiger partial charge in [-0.05, 0) is 62.1 Å². The van der Waals surface area contributed by atoms with E-state index in [-0.39, 0.29) is 24.5 Å². The predicted molar refractivity (Wildman–Crippen MR) is 121 cm³/mol.